The maximum Gasteiger partial charge on any atom is 0.306 e. The van der Waals surface area contributed by atoms with Crippen molar-refractivity contribution < 1.29 is 17.7 Å². The third kappa shape index (κ3) is 1.42. The molecule has 16 heavy (non-hydrogen) atoms. The van der Waals surface area contributed by atoms with Crippen molar-refractivity contribution in [3.63, 3.8) is 0 Å². The Labute approximate surface area is 90.5 Å². The lowest BCUT2D eigenvalue weighted by Crippen LogP contribution is -2.21. The van der Waals surface area contributed by atoms with Crippen LogP contribution in [0.1, 0.15) is 5.56 Å². The lowest BCUT2D eigenvalue weighted by molar-refractivity contribution is -0.387. The second kappa shape index (κ2) is 3.14. The van der Waals surface area contributed by atoms with Crippen LogP contribution in [0.3, 0.4) is 0 Å². The fourth-order valence-corrected chi connectivity index (χ4v) is 2.87. The van der Waals surface area contributed by atoms with Gasteiger partial charge in [-0.3, -0.25) is 14.4 Å². The molecule has 1 aliphatic heterocycles. The summed E-state index contributed by atoms with van der Waals surface area (Å²) in [6.07, 6.45) is 0. The Morgan fingerprint density at radius 3 is 2.69 bits per heavy atom. The van der Waals surface area contributed by atoms with E-state index >= 15 is 0 Å². The van der Waals surface area contributed by atoms with E-state index in [0.717, 1.165) is 16.4 Å². The number of anilines is 1. The predicted molar refractivity (Wildman–Crippen MR) is 54.1 cm³/mol. The zero-order valence-electron chi connectivity index (χ0n) is 8.18. The number of nitro benzene ring substituents is 1. The molecule has 0 aliphatic carbocycles. The summed E-state index contributed by atoms with van der Waals surface area (Å²) in [5, 5.41) is 10.5. The van der Waals surface area contributed by atoms with Crippen LogP contribution in [0.5, 0.6) is 0 Å². The van der Waals surface area contributed by atoms with Crippen molar-refractivity contribution in [3.05, 3.63) is 33.6 Å². The van der Waals surface area contributed by atoms with Gasteiger partial charge in [-0.05, 0) is 11.6 Å². The van der Waals surface area contributed by atoms with E-state index in [-0.39, 0.29) is 17.0 Å². The molecule has 0 bridgehead atoms. The van der Waals surface area contributed by atoms with Crippen molar-refractivity contribution in [1.29, 1.82) is 0 Å². The van der Waals surface area contributed by atoms with Crippen LogP contribution in [0.4, 0.5) is 15.8 Å². The average Bonchev–Trinajstić information content (AvgIpc) is 2.36. The molecule has 0 amide bonds. The fourth-order valence-electron chi connectivity index (χ4n) is 1.58. The monoisotopic (exact) mass is 246 g/mol. The molecular formula is C8H7FN2O4S. The molecular weight excluding hydrogens is 239 g/mol. The maximum atomic E-state index is 13.2. The minimum Gasteiger partial charge on any atom is -0.272 e. The topological polar surface area (TPSA) is 80.5 Å². The van der Waals surface area contributed by atoms with E-state index in [4.69, 9.17) is 0 Å². The van der Waals surface area contributed by atoms with Gasteiger partial charge in [0.2, 0.25) is 15.8 Å². The highest BCUT2D eigenvalue weighted by atomic mass is 32.2. The Balaban J connectivity index is 2.66. The van der Waals surface area contributed by atoms with Gasteiger partial charge in [0.05, 0.1) is 16.4 Å². The molecule has 1 aromatic rings. The van der Waals surface area contributed by atoms with Gasteiger partial charge in [-0.2, -0.15) is 4.39 Å². The Kier molecular flexibility index (Phi) is 2.12. The lowest BCUT2D eigenvalue weighted by Gasteiger charge is -2.10. The van der Waals surface area contributed by atoms with Crippen molar-refractivity contribution in [3.8, 4) is 0 Å². The van der Waals surface area contributed by atoms with Gasteiger partial charge in [0.25, 0.3) is 0 Å². The van der Waals surface area contributed by atoms with Crippen LogP contribution in [0.25, 0.3) is 0 Å². The number of sulfonamides is 1. The number of halogens is 1. The van der Waals surface area contributed by atoms with Crippen molar-refractivity contribution >= 4 is 21.4 Å². The Morgan fingerprint density at radius 2 is 2.12 bits per heavy atom. The summed E-state index contributed by atoms with van der Waals surface area (Å²) >= 11 is 0. The summed E-state index contributed by atoms with van der Waals surface area (Å²) < 4.78 is 37.0. The molecule has 8 heteroatoms. The molecule has 0 N–H and O–H groups in total. The van der Waals surface area contributed by atoms with Gasteiger partial charge in [-0.15, -0.1) is 0 Å². The molecule has 0 saturated heterocycles. The number of fused-ring (bicyclic) bond motifs is 1. The van der Waals surface area contributed by atoms with E-state index in [1.54, 1.807) is 0 Å². The van der Waals surface area contributed by atoms with Gasteiger partial charge in [-0.25, -0.2) is 8.42 Å². The minimum atomic E-state index is -3.50. The first kappa shape index (κ1) is 10.8. The number of hydrogen-bond acceptors (Lipinski definition) is 4. The van der Waals surface area contributed by atoms with E-state index in [1.165, 1.54) is 7.05 Å². The molecule has 0 unspecified atom stereocenters. The van der Waals surface area contributed by atoms with Crippen LogP contribution in [0, 0.1) is 15.9 Å². The zero-order valence-corrected chi connectivity index (χ0v) is 8.99. The van der Waals surface area contributed by atoms with Crippen molar-refractivity contribution in [2.75, 3.05) is 11.4 Å². The van der Waals surface area contributed by atoms with Crippen LogP contribution in [-0.2, 0) is 15.8 Å². The second-order valence-corrected chi connectivity index (χ2v) is 5.41. The number of hydrogen-bond donors (Lipinski definition) is 0. The normalized spacial score (nSPS) is 17.2. The quantitative estimate of drug-likeness (QED) is 0.547. The van der Waals surface area contributed by atoms with Crippen molar-refractivity contribution in [2.45, 2.75) is 5.75 Å². The highest BCUT2D eigenvalue weighted by Crippen LogP contribution is 2.36. The van der Waals surface area contributed by atoms with Gasteiger partial charge >= 0.3 is 5.69 Å². The largest absolute Gasteiger partial charge is 0.306 e. The SMILES string of the molecule is CN1c2cc([N+](=O)[O-])c(F)cc2CS1(=O)=O. The summed E-state index contributed by atoms with van der Waals surface area (Å²) in [6.45, 7) is 0. The van der Waals surface area contributed by atoms with Crippen LogP contribution in [-0.4, -0.2) is 20.4 Å². The van der Waals surface area contributed by atoms with Crippen LogP contribution >= 0.6 is 0 Å². The molecule has 0 aromatic heterocycles. The van der Waals surface area contributed by atoms with Gasteiger partial charge in [0.15, 0.2) is 0 Å². The van der Waals surface area contributed by atoms with Crippen LogP contribution in [0.15, 0.2) is 12.1 Å². The summed E-state index contributed by atoms with van der Waals surface area (Å²) in [4.78, 5) is 9.61. The van der Waals surface area contributed by atoms with Gasteiger partial charge in [0.1, 0.15) is 0 Å². The Bertz CT molecular complexity index is 584. The smallest absolute Gasteiger partial charge is 0.272 e. The number of nitro groups is 1. The molecule has 0 saturated carbocycles. The molecule has 0 atom stereocenters. The zero-order chi connectivity index (χ0) is 12.1. The standard InChI is InChI=1S/C8H7FN2O4S/c1-10-7-3-8(11(12)13)6(9)2-5(7)4-16(10,14)15/h2-3H,4H2,1H3. The third-order valence-corrected chi connectivity index (χ3v) is 4.15. The van der Waals surface area contributed by atoms with E-state index in [2.05, 4.69) is 0 Å². The molecule has 0 radical (unpaired) electrons. The van der Waals surface area contributed by atoms with Gasteiger partial charge in [0, 0.05) is 13.1 Å². The molecule has 1 aromatic carbocycles. The fraction of sp³-hybridized carbons (Fsp3) is 0.250. The highest BCUT2D eigenvalue weighted by molar-refractivity contribution is 7.92. The molecule has 1 aliphatic rings. The first-order chi connectivity index (χ1) is 7.33. The van der Waals surface area contributed by atoms with E-state index < -0.39 is 26.5 Å². The molecule has 1 heterocycles. The van der Waals surface area contributed by atoms with Crippen molar-refractivity contribution in [2.24, 2.45) is 0 Å². The summed E-state index contributed by atoms with van der Waals surface area (Å²) in [5.74, 6) is -1.34. The number of benzene rings is 1. The minimum absolute atomic E-state index is 0.160. The van der Waals surface area contributed by atoms with Gasteiger partial charge < -0.3 is 0 Å². The Morgan fingerprint density at radius 1 is 1.50 bits per heavy atom. The first-order valence-electron chi connectivity index (χ1n) is 4.26. The lowest BCUT2D eigenvalue weighted by atomic mass is 10.1. The third-order valence-electron chi connectivity index (χ3n) is 2.44. The molecule has 0 spiro atoms. The van der Waals surface area contributed by atoms with E-state index in [1.807, 2.05) is 0 Å². The summed E-state index contributed by atoms with van der Waals surface area (Å²) in [5.41, 5.74) is -0.318. The van der Waals surface area contributed by atoms with Crippen LogP contribution in [0.2, 0.25) is 0 Å². The van der Waals surface area contributed by atoms with E-state index in [0.29, 0.717) is 0 Å². The molecule has 2 rings (SSSR count). The number of nitrogens with zero attached hydrogens (tertiary/aromatic N) is 2. The van der Waals surface area contributed by atoms with Crippen molar-refractivity contribution in [1.82, 2.24) is 0 Å². The molecule has 6 nitrogen and oxygen atoms in total. The summed E-state index contributed by atoms with van der Waals surface area (Å²) in [6, 6.07) is 1.84. The predicted octanol–water partition coefficient (Wildman–Crippen LogP) is 1.01. The Hall–Kier alpha value is -1.70. The van der Waals surface area contributed by atoms with E-state index in [9.17, 15) is 22.9 Å². The average molecular weight is 246 g/mol. The maximum absolute atomic E-state index is 13.2. The van der Waals surface area contributed by atoms with Crippen LogP contribution < -0.4 is 4.31 Å². The molecule has 86 valence electrons. The highest BCUT2D eigenvalue weighted by Gasteiger charge is 2.33. The molecule has 0 fully saturated rings. The number of rotatable bonds is 1. The van der Waals surface area contributed by atoms with Gasteiger partial charge in [-0.1, -0.05) is 0 Å². The first-order valence-corrected chi connectivity index (χ1v) is 5.87. The second-order valence-electron chi connectivity index (χ2n) is 3.41. The summed E-state index contributed by atoms with van der Waals surface area (Å²) in [7, 11) is -2.22.